The predicted octanol–water partition coefficient (Wildman–Crippen LogP) is 4.77. The molecule has 290 valence electrons. The molecule has 5 aliphatic rings. The number of ether oxygens (including phenoxy) is 1. The number of carbonyl (C=O) groups is 3. The van der Waals surface area contributed by atoms with E-state index in [-0.39, 0.29) is 57.9 Å². The molecule has 0 aromatic carbocycles. The number of esters is 1. The van der Waals surface area contributed by atoms with E-state index in [2.05, 4.69) is 47.2 Å². The van der Waals surface area contributed by atoms with Crippen LogP contribution in [0, 0.1) is 34.0 Å². The molecule has 7 rings (SSSR count). The highest BCUT2D eigenvalue weighted by molar-refractivity contribution is 8.00. The number of fused-ring (bicyclic) bond motifs is 1. The van der Waals surface area contributed by atoms with Crippen molar-refractivity contribution in [3.8, 4) is 0 Å². The Hall–Kier alpha value is -3.03. The van der Waals surface area contributed by atoms with Crippen LogP contribution in [0.25, 0.3) is 11.2 Å². The van der Waals surface area contributed by atoms with Crippen molar-refractivity contribution < 1.29 is 24.2 Å². The number of aryl methyl sites for hydroxylation is 1. The van der Waals surface area contributed by atoms with Crippen LogP contribution in [0.4, 0.5) is 5.82 Å². The van der Waals surface area contributed by atoms with Crippen LogP contribution in [-0.4, -0.2) is 103 Å². The zero-order chi connectivity index (χ0) is 37.7. The Labute approximate surface area is 318 Å². The Morgan fingerprint density at radius 2 is 1.89 bits per heavy atom. The van der Waals surface area contributed by atoms with Gasteiger partial charge < -0.3 is 29.9 Å². The fourth-order valence-corrected chi connectivity index (χ4v) is 12.0. The lowest BCUT2D eigenvalue weighted by molar-refractivity contribution is -0.205. The molecule has 5 fully saturated rings. The van der Waals surface area contributed by atoms with E-state index in [9.17, 15) is 19.5 Å². The number of likely N-dealkylation sites (tertiary alicyclic amines) is 1. The number of aromatic nitrogens is 4. The minimum atomic E-state index is -0.680. The first-order valence-electron chi connectivity index (χ1n) is 19.9. The molecule has 12 nitrogen and oxygen atoms in total. The largest absolute Gasteiger partial charge is 0.461 e. The topological polar surface area (TPSA) is 157 Å². The number of Topliss-reactive ketones (excluding diaryl/α,β-unsaturated/α-hetero) is 1. The van der Waals surface area contributed by atoms with Crippen molar-refractivity contribution in [1.82, 2.24) is 24.4 Å². The lowest BCUT2D eigenvalue weighted by atomic mass is 9.44. The molecule has 53 heavy (non-hydrogen) atoms. The molecule has 2 aliphatic heterocycles. The van der Waals surface area contributed by atoms with Gasteiger partial charge in [0, 0.05) is 73.6 Å². The summed E-state index contributed by atoms with van der Waals surface area (Å²) < 4.78 is 8.39. The molecule has 0 radical (unpaired) electrons. The monoisotopic (exact) mass is 749 g/mol. The molecular formula is C40H59N7O5S. The maximum Gasteiger partial charge on any atom is 0.316 e. The van der Waals surface area contributed by atoms with Crippen molar-refractivity contribution in [2.45, 2.75) is 122 Å². The van der Waals surface area contributed by atoms with E-state index in [1.165, 1.54) is 0 Å². The number of nitrogens with zero attached hydrogens (tertiary/aromatic N) is 6. The number of imidazole rings is 1. The molecule has 2 saturated heterocycles. The summed E-state index contributed by atoms with van der Waals surface area (Å²) >= 11 is 1.60. The average molecular weight is 750 g/mol. The molecule has 13 heteroatoms. The molecule has 4 heterocycles. The maximum atomic E-state index is 13.7. The van der Waals surface area contributed by atoms with Gasteiger partial charge in [-0.15, -0.1) is 18.3 Å². The summed E-state index contributed by atoms with van der Waals surface area (Å²) in [6.07, 6.45) is 11.6. The zero-order valence-electron chi connectivity index (χ0n) is 32.0. The van der Waals surface area contributed by atoms with Crippen LogP contribution in [0.3, 0.4) is 0 Å². The molecule has 3 aliphatic carbocycles. The van der Waals surface area contributed by atoms with Gasteiger partial charge in [-0.2, -0.15) is 0 Å². The number of hydrogen-bond donors (Lipinski definition) is 2. The van der Waals surface area contributed by atoms with Crippen molar-refractivity contribution >= 4 is 46.4 Å². The van der Waals surface area contributed by atoms with E-state index in [0.29, 0.717) is 38.9 Å². The van der Waals surface area contributed by atoms with Gasteiger partial charge in [0.05, 0.1) is 18.2 Å². The Morgan fingerprint density at radius 3 is 2.62 bits per heavy atom. The summed E-state index contributed by atoms with van der Waals surface area (Å²) in [4.78, 5) is 58.4. The number of piperidine rings is 2. The van der Waals surface area contributed by atoms with E-state index in [0.717, 1.165) is 75.0 Å². The van der Waals surface area contributed by atoms with Crippen molar-refractivity contribution in [3.63, 3.8) is 0 Å². The fraction of sp³-hybridized carbons (Fsp3) is 0.750. The highest BCUT2D eigenvalue weighted by Crippen LogP contribution is 2.68. The number of thioether (sulfide) groups is 1. The Kier molecular flexibility index (Phi) is 10.8. The number of nitrogens with two attached hydrogens (primary N) is 1. The number of aliphatic hydroxyl groups is 1. The SMILES string of the molecule is C=C[C@]1(C)C[C@@H](OC(=O)CSC2CCN(C(=O)CCn3cnc4c(N5CCCC(N)C5)ncnc43)CC2)[C@]2(C)[C@H](C)CC[C@]3(CCC(=O)[C@@H]32)[C@@H](C)[C@@H]1O. The molecule has 1 unspecified atom stereocenters. The van der Waals surface area contributed by atoms with Crippen LogP contribution in [0.2, 0.25) is 0 Å². The second-order valence-electron chi connectivity index (χ2n) is 17.4. The second kappa shape index (κ2) is 14.9. The first-order valence-corrected chi connectivity index (χ1v) is 20.9. The van der Waals surface area contributed by atoms with Crippen molar-refractivity contribution in [2.24, 2.45) is 39.7 Å². The average Bonchev–Trinajstić information content (AvgIpc) is 3.75. The highest BCUT2D eigenvalue weighted by Gasteiger charge is 2.68. The third-order valence-electron chi connectivity index (χ3n) is 14.5. The Balaban J connectivity index is 0.933. The number of hydrogen-bond acceptors (Lipinski definition) is 11. The number of amides is 1. The summed E-state index contributed by atoms with van der Waals surface area (Å²) in [6.45, 7) is 16.1. The summed E-state index contributed by atoms with van der Waals surface area (Å²) in [5.74, 6) is 1.01. The summed E-state index contributed by atoms with van der Waals surface area (Å²) in [7, 11) is 0. The van der Waals surface area contributed by atoms with Gasteiger partial charge in [-0.1, -0.05) is 33.8 Å². The van der Waals surface area contributed by atoms with Gasteiger partial charge in [-0.05, 0) is 68.6 Å². The lowest BCUT2D eigenvalue weighted by Gasteiger charge is -2.61. The van der Waals surface area contributed by atoms with Crippen LogP contribution in [-0.2, 0) is 25.7 Å². The molecule has 3 saturated carbocycles. The molecular weight excluding hydrogens is 691 g/mol. The van der Waals surface area contributed by atoms with Crippen molar-refractivity contribution in [3.05, 3.63) is 25.3 Å². The molecule has 2 bridgehead atoms. The van der Waals surface area contributed by atoms with Gasteiger partial charge >= 0.3 is 5.97 Å². The molecule has 0 spiro atoms. The van der Waals surface area contributed by atoms with Crippen LogP contribution >= 0.6 is 11.8 Å². The van der Waals surface area contributed by atoms with Crippen LogP contribution in [0.15, 0.2) is 25.3 Å². The third kappa shape index (κ3) is 6.81. The number of rotatable bonds is 9. The van der Waals surface area contributed by atoms with Crippen LogP contribution in [0.5, 0.6) is 0 Å². The zero-order valence-corrected chi connectivity index (χ0v) is 32.9. The smallest absolute Gasteiger partial charge is 0.316 e. The van der Waals surface area contributed by atoms with E-state index < -0.39 is 23.0 Å². The fourth-order valence-electron chi connectivity index (χ4n) is 11.0. The van der Waals surface area contributed by atoms with E-state index >= 15 is 0 Å². The van der Waals surface area contributed by atoms with Gasteiger partial charge in [0.25, 0.3) is 0 Å². The molecule has 3 N–H and O–H groups in total. The Morgan fingerprint density at radius 1 is 1.11 bits per heavy atom. The summed E-state index contributed by atoms with van der Waals surface area (Å²) in [5, 5.41) is 12.0. The quantitative estimate of drug-likeness (QED) is 0.269. The first kappa shape index (κ1) is 38.3. The van der Waals surface area contributed by atoms with Crippen LogP contribution < -0.4 is 10.6 Å². The number of ketones is 1. The van der Waals surface area contributed by atoms with Gasteiger partial charge in [-0.25, -0.2) is 15.0 Å². The predicted molar refractivity (Wildman–Crippen MR) is 206 cm³/mol. The second-order valence-corrected chi connectivity index (χ2v) is 18.6. The van der Waals surface area contributed by atoms with E-state index in [1.54, 1.807) is 24.4 Å². The standard InChI is InChI=1S/C40H59N7O5S/c1-6-38(4)20-30(39(5)25(2)9-14-40(26(3)35(38)51)15-10-29(48)34(39)40)52-32(50)22-53-28-11-17-45(18-12-28)31(49)13-19-47-24-44-33-36(42-23-43-37(33)47)46-16-7-8-27(41)21-46/h6,23-28,30,34-35,51H,1,7-22,41H2,2-5H3/t25-,26+,27?,30-,34-,35+,38-,39+,40+/m1/s1. The maximum absolute atomic E-state index is 13.7. The van der Waals surface area contributed by atoms with Gasteiger partial charge in [0.15, 0.2) is 17.0 Å². The third-order valence-corrected chi connectivity index (χ3v) is 15.9. The van der Waals surface area contributed by atoms with Gasteiger partial charge in [0.2, 0.25) is 5.91 Å². The van der Waals surface area contributed by atoms with Crippen LogP contribution in [0.1, 0.15) is 91.9 Å². The molecule has 2 aromatic rings. The lowest BCUT2D eigenvalue weighted by Crippen LogP contribution is -2.63. The first-order chi connectivity index (χ1) is 25.3. The molecule has 9 atom stereocenters. The van der Waals surface area contributed by atoms with Gasteiger partial charge in [0.1, 0.15) is 18.2 Å². The molecule has 2 aromatic heterocycles. The minimum absolute atomic E-state index is 0.0584. The highest BCUT2D eigenvalue weighted by atomic mass is 32.2. The minimum Gasteiger partial charge on any atom is -0.461 e. The van der Waals surface area contributed by atoms with Crippen molar-refractivity contribution in [2.75, 3.05) is 36.8 Å². The summed E-state index contributed by atoms with van der Waals surface area (Å²) in [5.41, 5.74) is 6.22. The Bertz CT molecular complexity index is 1710. The normalized spacial score (nSPS) is 36.5. The van der Waals surface area contributed by atoms with E-state index in [4.69, 9.17) is 10.5 Å². The number of carbonyl (C=O) groups excluding carboxylic acids is 3. The molecule has 1 amide bonds. The van der Waals surface area contributed by atoms with E-state index in [1.807, 2.05) is 22.5 Å². The van der Waals surface area contributed by atoms with Crippen molar-refractivity contribution in [1.29, 1.82) is 0 Å². The van der Waals surface area contributed by atoms with Gasteiger partial charge in [-0.3, -0.25) is 14.4 Å². The summed E-state index contributed by atoms with van der Waals surface area (Å²) in [6, 6.07) is 0.120. The number of anilines is 1. The number of aliphatic hydroxyl groups excluding tert-OH is 1.